The van der Waals surface area contributed by atoms with Crippen LogP contribution in [0, 0.1) is 5.92 Å². The van der Waals surface area contributed by atoms with Gasteiger partial charge in [0.05, 0.1) is 12.2 Å². The summed E-state index contributed by atoms with van der Waals surface area (Å²) in [6.45, 7) is 2.45. The van der Waals surface area contributed by atoms with Gasteiger partial charge in [-0.05, 0) is 25.7 Å². The summed E-state index contributed by atoms with van der Waals surface area (Å²) in [6.07, 6.45) is 5.01. The van der Waals surface area contributed by atoms with Crippen molar-refractivity contribution in [1.82, 2.24) is 10.6 Å². The Bertz CT molecular complexity index is 348. The molecule has 2 fully saturated rings. The maximum atomic E-state index is 11.7. The number of rotatable bonds is 6. The van der Waals surface area contributed by atoms with Gasteiger partial charge in [-0.25, -0.2) is 9.59 Å². The Morgan fingerprint density at radius 1 is 1.42 bits per heavy atom. The Morgan fingerprint density at radius 3 is 2.74 bits per heavy atom. The SMILES string of the molecule is CCC[C@H](NC(=O)NCC1CC2CCC1O2)C(=O)O. The third-order valence-electron chi connectivity index (χ3n) is 3.94. The van der Waals surface area contributed by atoms with Crippen LogP contribution >= 0.6 is 0 Å². The number of urea groups is 1. The summed E-state index contributed by atoms with van der Waals surface area (Å²) in [5.74, 6) is -0.612. The van der Waals surface area contributed by atoms with Gasteiger partial charge < -0.3 is 20.5 Å². The first kappa shape index (κ1) is 14.1. The minimum absolute atomic E-state index is 0.274. The summed E-state index contributed by atoms with van der Waals surface area (Å²) >= 11 is 0. The Balaban J connectivity index is 1.70. The van der Waals surface area contributed by atoms with Crippen LogP contribution < -0.4 is 10.6 Å². The monoisotopic (exact) mass is 270 g/mol. The number of fused-ring (bicyclic) bond motifs is 2. The molecule has 6 heteroatoms. The molecule has 3 unspecified atom stereocenters. The molecular formula is C13H22N2O4. The van der Waals surface area contributed by atoms with Crippen LogP contribution in [0.5, 0.6) is 0 Å². The van der Waals surface area contributed by atoms with Crippen LogP contribution in [0.25, 0.3) is 0 Å². The summed E-state index contributed by atoms with van der Waals surface area (Å²) in [6, 6.07) is -1.20. The molecular weight excluding hydrogens is 248 g/mol. The van der Waals surface area contributed by atoms with Crippen molar-refractivity contribution in [1.29, 1.82) is 0 Å². The minimum atomic E-state index is -0.986. The molecule has 0 radical (unpaired) electrons. The summed E-state index contributed by atoms with van der Waals surface area (Å²) in [7, 11) is 0. The Labute approximate surface area is 112 Å². The van der Waals surface area contributed by atoms with Crippen LogP contribution in [0.3, 0.4) is 0 Å². The lowest BCUT2D eigenvalue weighted by atomic mass is 9.89. The lowest BCUT2D eigenvalue weighted by molar-refractivity contribution is -0.139. The molecule has 2 rings (SSSR count). The molecule has 2 amide bonds. The summed E-state index contributed by atoms with van der Waals surface area (Å²) in [5.41, 5.74) is 0. The van der Waals surface area contributed by atoms with E-state index in [1.807, 2.05) is 6.92 Å². The number of carbonyl (C=O) groups excluding carboxylic acids is 1. The quantitative estimate of drug-likeness (QED) is 0.674. The largest absolute Gasteiger partial charge is 0.480 e. The highest BCUT2D eigenvalue weighted by Gasteiger charge is 2.40. The molecule has 6 nitrogen and oxygen atoms in total. The van der Waals surface area contributed by atoms with E-state index < -0.39 is 18.0 Å². The molecule has 0 aromatic carbocycles. The van der Waals surface area contributed by atoms with Gasteiger partial charge >= 0.3 is 12.0 Å². The van der Waals surface area contributed by atoms with Gasteiger partial charge in [-0.1, -0.05) is 13.3 Å². The zero-order valence-corrected chi connectivity index (χ0v) is 11.2. The number of carboxylic acids is 1. The number of carbonyl (C=O) groups is 2. The molecule has 3 N–H and O–H groups in total. The Kier molecular flexibility index (Phi) is 4.63. The first-order chi connectivity index (χ1) is 9.10. The van der Waals surface area contributed by atoms with Crippen LogP contribution in [0.4, 0.5) is 4.79 Å². The van der Waals surface area contributed by atoms with Gasteiger partial charge in [-0.15, -0.1) is 0 Å². The van der Waals surface area contributed by atoms with Crippen molar-refractivity contribution < 1.29 is 19.4 Å². The maximum Gasteiger partial charge on any atom is 0.326 e. The number of hydrogen-bond acceptors (Lipinski definition) is 3. The van der Waals surface area contributed by atoms with Crippen LogP contribution in [-0.2, 0) is 9.53 Å². The number of carboxylic acid groups (broad SMARTS) is 1. The fraction of sp³-hybridized carbons (Fsp3) is 0.846. The zero-order chi connectivity index (χ0) is 13.8. The van der Waals surface area contributed by atoms with E-state index in [4.69, 9.17) is 9.84 Å². The zero-order valence-electron chi connectivity index (χ0n) is 11.2. The molecule has 2 heterocycles. The third-order valence-corrected chi connectivity index (χ3v) is 3.94. The van der Waals surface area contributed by atoms with E-state index in [1.165, 1.54) is 0 Å². The average Bonchev–Trinajstić information content (AvgIpc) is 2.97. The number of nitrogens with one attached hydrogen (secondary N) is 2. The van der Waals surface area contributed by atoms with Gasteiger partial charge in [-0.3, -0.25) is 0 Å². The van der Waals surface area contributed by atoms with E-state index in [0.717, 1.165) is 25.7 Å². The third kappa shape index (κ3) is 3.59. The molecule has 4 atom stereocenters. The van der Waals surface area contributed by atoms with E-state index in [0.29, 0.717) is 25.0 Å². The number of hydrogen-bond donors (Lipinski definition) is 3. The maximum absolute atomic E-state index is 11.7. The van der Waals surface area contributed by atoms with Crippen LogP contribution in [0.1, 0.15) is 39.0 Å². The molecule has 108 valence electrons. The number of aliphatic carboxylic acids is 1. The molecule has 2 saturated heterocycles. The normalized spacial score (nSPS) is 30.1. The molecule has 0 spiro atoms. The molecule has 19 heavy (non-hydrogen) atoms. The van der Waals surface area contributed by atoms with E-state index in [2.05, 4.69) is 10.6 Å². The van der Waals surface area contributed by atoms with Gasteiger partial charge in [-0.2, -0.15) is 0 Å². The standard InChI is InChI=1S/C13H22N2O4/c1-2-3-10(12(16)17)15-13(18)14-7-8-6-9-4-5-11(8)19-9/h8-11H,2-7H2,1H3,(H,16,17)(H2,14,15,18)/t8?,9?,10-,11?/m0/s1. The number of ether oxygens (including phenoxy) is 1. The highest BCUT2D eigenvalue weighted by Crippen LogP contribution is 2.38. The first-order valence-electron chi connectivity index (χ1n) is 7.02. The predicted molar refractivity (Wildman–Crippen MR) is 68.9 cm³/mol. The van der Waals surface area contributed by atoms with Crippen LogP contribution in [0.15, 0.2) is 0 Å². The van der Waals surface area contributed by atoms with Gasteiger partial charge in [0.25, 0.3) is 0 Å². The highest BCUT2D eigenvalue weighted by atomic mass is 16.5. The van der Waals surface area contributed by atoms with Gasteiger partial charge in [0, 0.05) is 12.5 Å². The molecule has 2 aliphatic rings. The Hall–Kier alpha value is -1.30. The first-order valence-corrected chi connectivity index (χ1v) is 7.02. The van der Waals surface area contributed by atoms with Gasteiger partial charge in [0.15, 0.2) is 0 Å². The molecule has 0 aliphatic carbocycles. The molecule has 0 aromatic heterocycles. The fourth-order valence-corrected chi connectivity index (χ4v) is 2.94. The van der Waals surface area contributed by atoms with Crippen molar-refractivity contribution >= 4 is 12.0 Å². The van der Waals surface area contributed by atoms with E-state index in [-0.39, 0.29) is 6.10 Å². The van der Waals surface area contributed by atoms with Gasteiger partial charge in [0.1, 0.15) is 6.04 Å². The molecule has 0 saturated carbocycles. The predicted octanol–water partition coefficient (Wildman–Crippen LogP) is 1.11. The van der Waals surface area contributed by atoms with Crippen molar-refractivity contribution in [2.45, 2.75) is 57.3 Å². The smallest absolute Gasteiger partial charge is 0.326 e. The molecule has 0 aromatic rings. The second-order valence-electron chi connectivity index (χ2n) is 5.40. The van der Waals surface area contributed by atoms with Crippen molar-refractivity contribution in [3.05, 3.63) is 0 Å². The van der Waals surface area contributed by atoms with Crippen LogP contribution in [-0.4, -0.2) is 41.9 Å². The van der Waals surface area contributed by atoms with Crippen molar-refractivity contribution in [3.8, 4) is 0 Å². The lowest BCUT2D eigenvalue weighted by Crippen LogP contribution is -2.47. The van der Waals surface area contributed by atoms with E-state index in [9.17, 15) is 9.59 Å². The average molecular weight is 270 g/mol. The lowest BCUT2D eigenvalue weighted by Gasteiger charge is -2.20. The second kappa shape index (κ2) is 6.23. The summed E-state index contributed by atoms with van der Waals surface area (Å²) < 4.78 is 5.71. The summed E-state index contributed by atoms with van der Waals surface area (Å²) in [5, 5.41) is 14.2. The van der Waals surface area contributed by atoms with E-state index >= 15 is 0 Å². The highest BCUT2D eigenvalue weighted by molar-refractivity contribution is 5.82. The Morgan fingerprint density at radius 2 is 2.21 bits per heavy atom. The van der Waals surface area contributed by atoms with Crippen molar-refractivity contribution in [2.75, 3.05) is 6.54 Å². The van der Waals surface area contributed by atoms with Gasteiger partial charge in [0.2, 0.25) is 0 Å². The fourth-order valence-electron chi connectivity index (χ4n) is 2.94. The second-order valence-corrected chi connectivity index (χ2v) is 5.40. The number of amides is 2. The van der Waals surface area contributed by atoms with Crippen molar-refractivity contribution in [2.24, 2.45) is 5.92 Å². The van der Waals surface area contributed by atoms with Crippen LogP contribution in [0.2, 0.25) is 0 Å². The molecule has 2 bridgehead atoms. The summed E-state index contributed by atoms with van der Waals surface area (Å²) in [4.78, 5) is 22.6. The van der Waals surface area contributed by atoms with E-state index in [1.54, 1.807) is 0 Å². The van der Waals surface area contributed by atoms with Crippen molar-refractivity contribution in [3.63, 3.8) is 0 Å². The molecule has 2 aliphatic heterocycles. The minimum Gasteiger partial charge on any atom is -0.480 e. The topological polar surface area (TPSA) is 87.7 Å².